The summed E-state index contributed by atoms with van der Waals surface area (Å²) in [4.78, 5) is 7.64. The van der Waals surface area contributed by atoms with Gasteiger partial charge in [0.25, 0.3) is 10.0 Å². The Morgan fingerprint density at radius 1 is 1.30 bits per heavy atom. The largest absolute Gasteiger partial charge is 0.334 e. The SMILES string of the molecule is CC(C)n1cnc(S(=O)(=O)Nc2cc(Cl)cnc2Cl)c1. The molecule has 9 heteroatoms. The molecule has 2 aromatic rings. The van der Waals surface area contributed by atoms with Crippen molar-refractivity contribution >= 4 is 38.9 Å². The predicted molar refractivity (Wildman–Crippen MR) is 77.7 cm³/mol. The lowest BCUT2D eigenvalue weighted by Gasteiger charge is -2.07. The molecule has 2 rings (SSSR count). The number of hydrogen-bond acceptors (Lipinski definition) is 4. The summed E-state index contributed by atoms with van der Waals surface area (Å²) in [6.07, 6.45) is 4.23. The molecule has 0 aliphatic rings. The Morgan fingerprint density at radius 2 is 2.00 bits per heavy atom. The van der Waals surface area contributed by atoms with Crippen LogP contribution in [0.4, 0.5) is 5.69 Å². The topological polar surface area (TPSA) is 76.9 Å². The van der Waals surface area contributed by atoms with Crippen LogP contribution in [0.3, 0.4) is 0 Å². The standard InChI is InChI=1S/C11H12Cl2N4O2S/c1-7(2)17-5-10(15-6-17)20(18,19)16-9-3-8(12)4-14-11(9)13/h3-7,16H,1-2H3. The van der Waals surface area contributed by atoms with Crippen molar-refractivity contribution in [3.63, 3.8) is 0 Å². The van der Waals surface area contributed by atoms with Gasteiger partial charge < -0.3 is 4.57 Å². The summed E-state index contributed by atoms with van der Waals surface area (Å²) in [6, 6.07) is 1.50. The molecular weight excluding hydrogens is 323 g/mol. The van der Waals surface area contributed by atoms with Crippen LogP contribution in [0.1, 0.15) is 19.9 Å². The van der Waals surface area contributed by atoms with E-state index in [9.17, 15) is 8.42 Å². The highest BCUT2D eigenvalue weighted by atomic mass is 35.5. The first kappa shape index (κ1) is 15.1. The Kier molecular flexibility index (Phi) is 4.22. The van der Waals surface area contributed by atoms with Crippen LogP contribution in [-0.4, -0.2) is 23.0 Å². The molecule has 0 saturated carbocycles. The summed E-state index contributed by atoms with van der Waals surface area (Å²) in [6.45, 7) is 3.84. The second-order valence-corrected chi connectivity index (χ2v) is 6.77. The van der Waals surface area contributed by atoms with Gasteiger partial charge in [-0.2, -0.15) is 8.42 Å². The molecule has 108 valence electrons. The molecule has 0 unspecified atom stereocenters. The number of anilines is 1. The average molecular weight is 335 g/mol. The highest BCUT2D eigenvalue weighted by Gasteiger charge is 2.20. The van der Waals surface area contributed by atoms with Gasteiger partial charge >= 0.3 is 0 Å². The zero-order valence-corrected chi connectivity index (χ0v) is 13.0. The summed E-state index contributed by atoms with van der Waals surface area (Å²) in [7, 11) is -3.83. The maximum atomic E-state index is 12.2. The molecular formula is C11H12Cl2N4O2S. The van der Waals surface area contributed by atoms with Gasteiger partial charge in [0, 0.05) is 18.4 Å². The molecule has 20 heavy (non-hydrogen) atoms. The van der Waals surface area contributed by atoms with Crippen molar-refractivity contribution in [2.75, 3.05) is 4.72 Å². The first-order valence-electron chi connectivity index (χ1n) is 5.67. The van der Waals surface area contributed by atoms with Crippen LogP contribution >= 0.6 is 23.2 Å². The molecule has 2 aromatic heterocycles. The minimum absolute atomic E-state index is 0.0151. The zero-order valence-electron chi connectivity index (χ0n) is 10.7. The van der Waals surface area contributed by atoms with Crippen molar-refractivity contribution < 1.29 is 8.42 Å². The molecule has 0 atom stereocenters. The molecule has 0 aliphatic carbocycles. The molecule has 0 radical (unpaired) electrons. The van der Waals surface area contributed by atoms with E-state index < -0.39 is 10.0 Å². The lowest BCUT2D eigenvalue weighted by molar-refractivity contribution is 0.591. The summed E-state index contributed by atoms with van der Waals surface area (Å²) in [5, 5.41) is 0.198. The van der Waals surface area contributed by atoms with Crippen LogP contribution in [0.15, 0.2) is 29.8 Å². The van der Waals surface area contributed by atoms with Crippen molar-refractivity contribution in [1.29, 1.82) is 0 Å². The number of halogens is 2. The van der Waals surface area contributed by atoms with Gasteiger partial charge in [0.05, 0.1) is 17.0 Å². The van der Waals surface area contributed by atoms with E-state index in [1.54, 1.807) is 4.57 Å². The van der Waals surface area contributed by atoms with Gasteiger partial charge in [-0.3, -0.25) is 4.72 Å². The molecule has 0 bridgehead atoms. The fourth-order valence-corrected chi connectivity index (χ4v) is 2.79. The van der Waals surface area contributed by atoms with Crippen molar-refractivity contribution in [3.8, 4) is 0 Å². The number of nitrogens with zero attached hydrogens (tertiary/aromatic N) is 3. The molecule has 1 N–H and O–H groups in total. The smallest absolute Gasteiger partial charge is 0.281 e. The van der Waals surface area contributed by atoms with E-state index in [-0.39, 0.29) is 26.9 Å². The molecule has 0 fully saturated rings. The maximum Gasteiger partial charge on any atom is 0.281 e. The van der Waals surface area contributed by atoms with Crippen LogP contribution < -0.4 is 4.72 Å². The Morgan fingerprint density at radius 3 is 2.60 bits per heavy atom. The lowest BCUT2D eigenvalue weighted by atomic mass is 10.4. The summed E-state index contributed by atoms with van der Waals surface area (Å²) < 4.78 is 28.4. The molecule has 6 nitrogen and oxygen atoms in total. The highest BCUT2D eigenvalue weighted by Crippen LogP contribution is 2.25. The predicted octanol–water partition coefficient (Wildman–Crippen LogP) is 2.97. The fraction of sp³-hybridized carbons (Fsp3) is 0.273. The van der Waals surface area contributed by atoms with E-state index in [0.717, 1.165) is 0 Å². The van der Waals surface area contributed by atoms with Gasteiger partial charge in [-0.25, -0.2) is 9.97 Å². The lowest BCUT2D eigenvalue weighted by Crippen LogP contribution is -2.14. The van der Waals surface area contributed by atoms with Crippen LogP contribution in [0.2, 0.25) is 10.2 Å². The van der Waals surface area contributed by atoms with Crippen molar-refractivity contribution in [2.45, 2.75) is 24.9 Å². The molecule has 0 saturated heterocycles. The Balaban J connectivity index is 2.33. The number of sulfonamides is 1. The number of aromatic nitrogens is 3. The van der Waals surface area contributed by atoms with Gasteiger partial charge in [0.1, 0.15) is 0 Å². The van der Waals surface area contributed by atoms with Gasteiger partial charge in [-0.1, -0.05) is 23.2 Å². The van der Waals surface area contributed by atoms with Gasteiger partial charge in [0.15, 0.2) is 10.2 Å². The van der Waals surface area contributed by atoms with E-state index in [1.807, 2.05) is 13.8 Å². The van der Waals surface area contributed by atoms with E-state index in [2.05, 4.69) is 14.7 Å². The summed E-state index contributed by atoms with van der Waals surface area (Å²) in [5.74, 6) is 0. The Hall–Kier alpha value is -1.31. The van der Waals surface area contributed by atoms with Crippen LogP contribution in [0, 0.1) is 0 Å². The molecule has 0 aliphatic heterocycles. The summed E-state index contributed by atoms with van der Waals surface area (Å²) in [5.41, 5.74) is 0.110. The first-order valence-corrected chi connectivity index (χ1v) is 7.91. The zero-order chi connectivity index (χ0) is 14.9. The summed E-state index contributed by atoms with van der Waals surface area (Å²) >= 11 is 11.6. The third-order valence-corrected chi connectivity index (χ3v) is 4.26. The number of imidazole rings is 1. The minimum atomic E-state index is -3.83. The number of nitrogens with one attached hydrogen (secondary N) is 1. The Labute approximate surface area is 126 Å². The van der Waals surface area contributed by atoms with Crippen LogP contribution in [0.5, 0.6) is 0 Å². The van der Waals surface area contributed by atoms with E-state index in [0.29, 0.717) is 0 Å². The first-order chi connectivity index (χ1) is 9.29. The second kappa shape index (κ2) is 5.59. The van der Waals surface area contributed by atoms with Crippen molar-refractivity contribution in [3.05, 3.63) is 35.0 Å². The molecule has 2 heterocycles. The quantitative estimate of drug-likeness (QED) is 0.872. The molecule has 0 aromatic carbocycles. The minimum Gasteiger partial charge on any atom is -0.334 e. The van der Waals surface area contributed by atoms with Gasteiger partial charge in [-0.15, -0.1) is 0 Å². The van der Waals surface area contributed by atoms with Crippen molar-refractivity contribution in [2.24, 2.45) is 0 Å². The monoisotopic (exact) mass is 334 g/mol. The Bertz CT molecular complexity index is 728. The highest BCUT2D eigenvalue weighted by molar-refractivity contribution is 7.92. The van der Waals surface area contributed by atoms with Crippen LogP contribution in [-0.2, 0) is 10.0 Å². The number of hydrogen-bond donors (Lipinski definition) is 1. The molecule has 0 amide bonds. The van der Waals surface area contributed by atoms with E-state index in [1.165, 1.54) is 24.8 Å². The second-order valence-electron chi connectivity index (χ2n) is 4.35. The normalized spacial score (nSPS) is 11.8. The van der Waals surface area contributed by atoms with E-state index >= 15 is 0 Å². The third-order valence-electron chi connectivity index (χ3n) is 2.50. The average Bonchev–Trinajstić information content (AvgIpc) is 2.84. The van der Waals surface area contributed by atoms with Gasteiger partial charge in [0.2, 0.25) is 0 Å². The van der Waals surface area contributed by atoms with Crippen LogP contribution in [0.25, 0.3) is 0 Å². The fourth-order valence-electron chi connectivity index (χ4n) is 1.43. The van der Waals surface area contributed by atoms with Crippen molar-refractivity contribution in [1.82, 2.24) is 14.5 Å². The number of pyridine rings is 1. The van der Waals surface area contributed by atoms with E-state index in [4.69, 9.17) is 23.2 Å². The number of rotatable bonds is 4. The molecule has 0 spiro atoms. The third kappa shape index (κ3) is 3.23. The van der Waals surface area contributed by atoms with Gasteiger partial charge in [-0.05, 0) is 19.9 Å². The maximum absolute atomic E-state index is 12.2.